The third-order valence-corrected chi connectivity index (χ3v) is 8.77. The molecule has 0 saturated heterocycles. The molecular weight excluding hydrogens is 511 g/mol. The number of rotatable bonds is 6. The molecule has 0 unspecified atom stereocenters. The van der Waals surface area contributed by atoms with E-state index >= 15 is 0 Å². The number of benzene rings is 3. The topological polar surface area (TPSA) is 148 Å². The van der Waals surface area contributed by atoms with Gasteiger partial charge in [-0.1, -0.05) is 17.7 Å². The predicted molar refractivity (Wildman–Crippen MR) is 133 cm³/mol. The molecule has 1 aliphatic rings. The maximum absolute atomic E-state index is 13.9. The second kappa shape index (κ2) is 9.32. The molecule has 0 atom stereocenters. The number of nitro benzene ring substituents is 1. The van der Waals surface area contributed by atoms with Gasteiger partial charge in [0.25, 0.3) is 15.7 Å². The van der Waals surface area contributed by atoms with Crippen LogP contribution in [0.4, 0.5) is 21.5 Å². The van der Waals surface area contributed by atoms with Crippen molar-refractivity contribution in [2.45, 2.75) is 30.1 Å². The van der Waals surface area contributed by atoms with Gasteiger partial charge in [0, 0.05) is 24.1 Å². The van der Waals surface area contributed by atoms with Gasteiger partial charge in [0.05, 0.1) is 32.7 Å². The Morgan fingerprint density at radius 1 is 1.03 bits per heavy atom. The summed E-state index contributed by atoms with van der Waals surface area (Å²) in [5.74, 6) is -0.916. The fourth-order valence-electron chi connectivity index (χ4n) is 3.79. The summed E-state index contributed by atoms with van der Waals surface area (Å²) in [7, 11) is -7.94. The summed E-state index contributed by atoms with van der Waals surface area (Å²) in [6.07, 6.45) is -0.0400. The van der Waals surface area contributed by atoms with Gasteiger partial charge in [-0.3, -0.25) is 20.3 Å². The standard InChI is InChI=1S/C23H21FN4O6S2/c1-14-3-6-19(15(2)11-14)27-36(33,34)23-13-17(28(29)30)5-7-21(23)26-25-20-9-10-35(31,32)22-8-4-16(24)12-18(20)22/h3-8,11-13,26-27H,9-10H2,1-2H3/b25-20-. The van der Waals surface area contributed by atoms with Crippen molar-refractivity contribution < 1.29 is 26.1 Å². The molecule has 0 spiro atoms. The van der Waals surface area contributed by atoms with E-state index in [9.17, 15) is 31.3 Å². The highest BCUT2D eigenvalue weighted by Crippen LogP contribution is 2.31. The Bertz CT molecular complexity index is 1640. The summed E-state index contributed by atoms with van der Waals surface area (Å²) < 4.78 is 67.6. The van der Waals surface area contributed by atoms with E-state index in [0.29, 0.717) is 11.3 Å². The van der Waals surface area contributed by atoms with Crippen molar-refractivity contribution in [1.29, 1.82) is 0 Å². The van der Waals surface area contributed by atoms with Crippen LogP contribution >= 0.6 is 0 Å². The van der Waals surface area contributed by atoms with Crippen molar-refractivity contribution >= 4 is 42.6 Å². The SMILES string of the molecule is Cc1ccc(NS(=O)(=O)c2cc([N+](=O)[O-])ccc2N/N=C2/CCS(=O)(=O)c3ccc(F)cc32)c(C)c1. The van der Waals surface area contributed by atoms with Crippen molar-refractivity contribution in [1.82, 2.24) is 0 Å². The molecule has 36 heavy (non-hydrogen) atoms. The van der Waals surface area contributed by atoms with Crippen LogP contribution in [-0.2, 0) is 19.9 Å². The summed E-state index contributed by atoms with van der Waals surface area (Å²) >= 11 is 0. The Hall–Kier alpha value is -3.84. The van der Waals surface area contributed by atoms with Crippen LogP contribution in [0.25, 0.3) is 0 Å². The lowest BCUT2D eigenvalue weighted by molar-refractivity contribution is -0.385. The van der Waals surface area contributed by atoms with E-state index < -0.39 is 41.2 Å². The molecule has 1 heterocycles. The third kappa shape index (κ3) is 5.06. The molecule has 0 aliphatic carbocycles. The summed E-state index contributed by atoms with van der Waals surface area (Å²) in [5, 5.41) is 15.5. The molecule has 0 radical (unpaired) electrons. The van der Waals surface area contributed by atoms with Gasteiger partial charge in [0.15, 0.2) is 9.84 Å². The minimum Gasteiger partial charge on any atom is -0.279 e. The van der Waals surface area contributed by atoms with Crippen molar-refractivity contribution in [2.75, 3.05) is 15.9 Å². The number of non-ortho nitro benzene ring substituents is 1. The highest BCUT2D eigenvalue weighted by Gasteiger charge is 2.29. The van der Waals surface area contributed by atoms with Crippen LogP contribution in [0.5, 0.6) is 0 Å². The summed E-state index contributed by atoms with van der Waals surface area (Å²) in [6.45, 7) is 3.57. The normalized spacial score (nSPS) is 15.8. The lowest BCUT2D eigenvalue weighted by Crippen LogP contribution is -2.23. The van der Waals surface area contributed by atoms with E-state index in [1.807, 2.05) is 6.92 Å². The second-order valence-electron chi connectivity index (χ2n) is 8.24. The zero-order chi connectivity index (χ0) is 26.3. The zero-order valence-corrected chi connectivity index (χ0v) is 20.8. The summed E-state index contributed by atoms with van der Waals surface area (Å²) in [4.78, 5) is 10.1. The molecule has 0 bridgehead atoms. The molecule has 0 aromatic heterocycles. The lowest BCUT2D eigenvalue weighted by atomic mass is 10.1. The molecular formula is C23H21FN4O6S2. The minimum absolute atomic E-state index is 0.0400. The van der Waals surface area contributed by atoms with Gasteiger partial charge < -0.3 is 0 Å². The summed E-state index contributed by atoms with van der Waals surface area (Å²) in [6, 6.07) is 11.5. The molecule has 1 aliphatic heterocycles. The highest BCUT2D eigenvalue weighted by atomic mass is 32.2. The Labute approximate surface area is 207 Å². The largest absolute Gasteiger partial charge is 0.279 e. The van der Waals surface area contributed by atoms with Crippen LogP contribution in [0.15, 0.2) is 69.5 Å². The van der Waals surface area contributed by atoms with Gasteiger partial charge in [-0.15, -0.1) is 0 Å². The number of sulfone groups is 1. The average molecular weight is 533 g/mol. The van der Waals surface area contributed by atoms with E-state index in [1.165, 1.54) is 6.07 Å². The molecule has 3 aromatic carbocycles. The smallest absolute Gasteiger partial charge is 0.270 e. The summed E-state index contributed by atoms with van der Waals surface area (Å²) in [5.41, 5.74) is 4.18. The Morgan fingerprint density at radius 3 is 2.44 bits per heavy atom. The fourth-order valence-corrected chi connectivity index (χ4v) is 6.56. The number of sulfonamides is 1. The number of hydrogen-bond acceptors (Lipinski definition) is 8. The quantitative estimate of drug-likeness (QED) is 0.275. The number of halogens is 1. The molecule has 4 rings (SSSR count). The fraction of sp³-hybridized carbons (Fsp3) is 0.174. The number of nitrogens with zero attached hydrogens (tertiary/aromatic N) is 2. The Morgan fingerprint density at radius 2 is 1.75 bits per heavy atom. The van der Waals surface area contributed by atoms with E-state index in [4.69, 9.17) is 0 Å². The van der Waals surface area contributed by atoms with Crippen molar-refractivity contribution in [3.05, 3.63) is 87.2 Å². The Balaban J connectivity index is 1.76. The number of hydrogen-bond donors (Lipinski definition) is 2. The van der Waals surface area contributed by atoms with E-state index in [1.54, 1.807) is 25.1 Å². The molecule has 0 amide bonds. The third-order valence-electron chi connectivity index (χ3n) is 5.60. The maximum Gasteiger partial charge on any atom is 0.270 e. The molecule has 3 aromatic rings. The number of nitrogens with one attached hydrogen (secondary N) is 2. The number of fused-ring (bicyclic) bond motifs is 1. The van der Waals surface area contributed by atoms with Gasteiger partial charge in [-0.2, -0.15) is 5.10 Å². The van der Waals surface area contributed by atoms with E-state index in [0.717, 1.165) is 35.9 Å². The first-order valence-electron chi connectivity index (χ1n) is 10.6. The zero-order valence-electron chi connectivity index (χ0n) is 19.1. The molecule has 10 nitrogen and oxygen atoms in total. The van der Waals surface area contributed by atoms with Gasteiger partial charge in [-0.25, -0.2) is 21.2 Å². The Kier molecular flexibility index (Phi) is 6.54. The number of nitro groups is 1. The average Bonchev–Trinajstić information content (AvgIpc) is 2.80. The highest BCUT2D eigenvalue weighted by molar-refractivity contribution is 7.93. The first kappa shape index (κ1) is 25.3. The minimum atomic E-state index is -4.32. The lowest BCUT2D eigenvalue weighted by Gasteiger charge is -2.19. The monoisotopic (exact) mass is 532 g/mol. The van der Waals surface area contributed by atoms with Crippen LogP contribution < -0.4 is 10.1 Å². The number of aryl methyl sites for hydroxylation is 2. The predicted octanol–water partition coefficient (Wildman–Crippen LogP) is 4.15. The molecule has 2 N–H and O–H groups in total. The maximum atomic E-state index is 13.9. The molecule has 0 saturated carbocycles. The van der Waals surface area contributed by atoms with Gasteiger partial charge in [-0.05, 0) is 49.7 Å². The number of anilines is 2. The van der Waals surface area contributed by atoms with Crippen molar-refractivity contribution in [3.8, 4) is 0 Å². The van der Waals surface area contributed by atoms with Crippen LogP contribution in [0.1, 0.15) is 23.1 Å². The van der Waals surface area contributed by atoms with Crippen LogP contribution in [0.2, 0.25) is 0 Å². The van der Waals surface area contributed by atoms with Gasteiger partial charge in [0.2, 0.25) is 0 Å². The van der Waals surface area contributed by atoms with E-state index in [-0.39, 0.29) is 34.0 Å². The van der Waals surface area contributed by atoms with Crippen LogP contribution in [0, 0.1) is 29.8 Å². The van der Waals surface area contributed by atoms with Crippen molar-refractivity contribution in [3.63, 3.8) is 0 Å². The first-order valence-corrected chi connectivity index (χ1v) is 13.7. The molecule has 0 fully saturated rings. The second-order valence-corrected chi connectivity index (χ2v) is 12.0. The first-order chi connectivity index (χ1) is 16.9. The van der Waals surface area contributed by atoms with Gasteiger partial charge in [0.1, 0.15) is 10.7 Å². The molecule has 13 heteroatoms. The van der Waals surface area contributed by atoms with Crippen LogP contribution in [0.3, 0.4) is 0 Å². The number of hydrazone groups is 1. The molecule has 188 valence electrons. The van der Waals surface area contributed by atoms with Crippen molar-refractivity contribution in [2.24, 2.45) is 5.10 Å². The van der Waals surface area contributed by atoms with E-state index in [2.05, 4.69) is 15.2 Å². The van der Waals surface area contributed by atoms with Crippen LogP contribution in [-0.4, -0.2) is 33.2 Å². The van der Waals surface area contributed by atoms with Gasteiger partial charge >= 0.3 is 0 Å².